The Balaban J connectivity index is 1.89. The predicted molar refractivity (Wildman–Crippen MR) is 117 cm³/mol. The quantitative estimate of drug-likeness (QED) is 0.634. The highest BCUT2D eigenvalue weighted by Crippen LogP contribution is 2.32. The molecule has 0 saturated carbocycles. The van der Waals surface area contributed by atoms with E-state index in [4.69, 9.17) is 14.2 Å². The number of hydrogen-bond acceptors (Lipinski definition) is 6. The molecule has 1 aliphatic rings. The summed E-state index contributed by atoms with van der Waals surface area (Å²) < 4.78 is 44.1. The van der Waals surface area contributed by atoms with Crippen LogP contribution < -0.4 is 19.1 Å². The van der Waals surface area contributed by atoms with Crippen LogP contribution in [0.15, 0.2) is 47.4 Å². The molecule has 1 N–H and O–H groups in total. The van der Waals surface area contributed by atoms with Crippen LogP contribution in [0.1, 0.15) is 18.4 Å². The molecular weight excluding hydrogens is 420 g/mol. The summed E-state index contributed by atoms with van der Waals surface area (Å²) in [6.45, 7) is 2.60. The lowest BCUT2D eigenvalue weighted by atomic mass is 10.2. The van der Waals surface area contributed by atoms with E-state index in [1.165, 1.54) is 32.4 Å². The number of methoxy groups -OCH3 is 2. The summed E-state index contributed by atoms with van der Waals surface area (Å²) in [7, 11) is -1.14. The van der Waals surface area contributed by atoms with Gasteiger partial charge in [-0.2, -0.15) is 0 Å². The van der Waals surface area contributed by atoms with Gasteiger partial charge in [0.25, 0.3) is 10.0 Å². The van der Waals surface area contributed by atoms with Crippen molar-refractivity contribution in [1.82, 2.24) is 5.32 Å². The normalized spacial score (nSPS) is 16.0. The van der Waals surface area contributed by atoms with Crippen LogP contribution in [-0.2, 0) is 19.6 Å². The molecule has 8 nitrogen and oxygen atoms in total. The van der Waals surface area contributed by atoms with Gasteiger partial charge in [0, 0.05) is 19.2 Å². The lowest BCUT2D eigenvalue weighted by molar-refractivity contribution is -0.120. The average Bonchev–Trinajstić information content (AvgIpc) is 3.30. The highest BCUT2D eigenvalue weighted by atomic mass is 32.2. The Morgan fingerprint density at radius 2 is 1.84 bits per heavy atom. The number of ether oxygens (including phenoxy) is 3. The number of nitrogens with one attached hydrogen (secondary N) is 1. The molecular formula is C22H28N2O6S. The minimum atomic E-state index is -4.05. The van der Waals surface area contributed by atoms with Crippen molar-refractivity contribution in [3.05, 3.63) is 48.0 Å². The van der Waals surface area contributed by atoms with Crippen LogP contribution >= 0.6 is 0 Å². The molecule has 0 radical (unpaired) electrons. The summed E-state index contributed by atoms with van der Waals surface area (Å²) in [4.78, 5) is 12.6. The predicted octanol–water partition coefficient (Wildman–Crippen LogP) is 2.50. The lowest BCUT2D eigenvalue weighted by Crippen LogP contribution is -2.42. The average molecular weight is 449 g/mol. The number of nitrogens with zero attached hydrogens (tertiary/aromatic N) is 1. The van der Waals surface area contributed by atoms with Gasteiger partial charge in [0.2, 0.25) is 5.91 Å². The van der Waals surface area contributed by atoms with Gasteiger partial charge in [-0.1, -0.05) is 17.7 Å². The first-order chi connectivity index (χ1) is 14.8. The van der Waals surface area contributed by atoms with Gasteiger partial charge in [0.05, 0.1) is 30.9 Å². The van der Waals surface area contributed by atoms with E-state index in [9.17, 15) is 13.2 Å². The second-order valence-electron chi connectivity index (χ2n) is 7.30. The van der Waals surface area contributed by atoms with Crippen molar-refractivity contribution in [3.63, 3.8) is 0 Å². The van der Waals surface area contributed by atoms with E-state index in [0.29, 0.717) is 24.6 Å². The summed E-state index contributed by atoms with van der Waals surface area (Å²) in [5.41, 5.74) is 1.38. The van der Waals surface area contributed by atoms with Crippen LogP contribution in [0.2, 0.25) is 0 Å². The summed E-state index contributed by atoms with van der Waals surface area (Å²) in [6.07, 6.45) is 1.81. The minimum Gasteiger partial charge on any atom is -0.493 e. The highest BCUT2D eigenvalue weighted by Gasteiger charge is 2.28. The van der Waals surface area contributed by atoms with E-state index < -0.39 is 15.9 Å². The van der Waals surface area contributed by atoms with E-state index in [1.54, 1.807) is 24.3 Å². The van der Waals surface area contributed by atoms with Gasteiger partial charge in [0.1, 0.15) is 6.54 Å². The van der Waals surface area contributed by atoms with Crippen LogP contribution in [0.3, 0.4) is 0 Å². The first kappa shape index (κ1) is 22.9. The molecule has 1 amide bonds. The topological polar surface area (TPSA) is 94.2 Å². The first-order valence-electron chi connectivity index (χ1n) is 10.0. The van der Waals surface area contributed by atoms with Gasteiger partial charge in [-0.3, -0.25) is 9.10 Å². The Morgan fingerprint density at radius 1 is 1.13 bits per heavy atom. The molecule has 2 aromatic rings. The van der Waals surface area contributed by atoms with Crippen molar-refractivity contribution in [1.29, 1.82) is 0 Å². The Kier molecular flexibility index (Phi) is 7.40. The van der Waals surface area contributed by atoms with Crippen molar-refractivity contribution in [2.75, 3.05) is 38.2 Å². The van der Waals surface area contributed by atoms with Gasteiger partial charge in [0.15, 0.2) is 11.5 Å². The van der Waals surface area contributed by atoms with Crippen LogP contribution in [0.5, 0.6) is 11.5 Å². The monoisotopic (exact) mass is 448 g/mol. The van der Waals surface area contributed by atoms with Crippen molar-refractivity contribution in [2.24, 2.45) is 0 Å². The number of carbonyl (C=O) groups is 1. The Morgan fingerprint density at radius 3 is 2.45 bits per heavy atom. The van der Waals surface area contributed by atoms with E-state index in [1.807, 2.05) is 6.92 Å². The first-order valence-corrected chi connectivity index (χ1v) is 11.5. The van der Waals surface area contributed by atoms with Gasteiger partial charge in [-0.05, 0) is 44.0 Å². The third-order valence-electron chi connectivity index (χ3n) is 5.10. The maximum atomic E-state index is 13.5. The maximum Gasteiger partial charge on any atom is 0.264 e. The van der Waals surface area contributed by atoms with Crippen molar-refractivity contribution < 1.29 is 27.4 Å². The van der Waals surface area contributed by atoms with Crippen LogP contribution in [0.4, 0.5) is 5.69 Å². The van der Waals surface area contributed by atoms with E-state index in [2.05, 4.69) is 5.32 Å². The lowest BCUT2D eigenvalue weighted by Gasteiger charge is -2.25. The molecule has 1 aliphatic heterocycles. The van der Waals surface area contributed by atoms with Gasteiger partial charge < -0.3 is 19.5 Å². The SMILES string of the molecule is COc1ccc(S(=O)(=O)N(CC(=O)NCC2CCCO2)c2ccc(C)cc2)cc1OC. The van der Waals surface area contributed by atoms with Gasteiger partial charge in [-0.15, -0.1) is 0 Å². The third-order valence-corrected chi connectivity index (χ3v) is 6.87. The standard InChI is InChI=1S/C22H28N2O6S/c1-16-6-8-17(9-7-16)24(15-22(25)23-14-18-5-4-12-30-18)31(26,27)19-10-11-20(28-2)21(13-19)29-3/h6-11,13,18H,4-5,12,14-15H2,1-3H3,(H,23,25). The fraction of sp³-hybridized carbons (Fsp3) is 0.409. The number of carbonyl (C=O) groups excluding carboxylic acids is 1. The highest BCUT2D eigenvalue weighted by molar-refractivity contribution is 7.92. The maximum absolute atomic E-state index is 13.5. The molecule has 168 valence electrons. The van der Waals surface area contributed by atoms with Gasteiger partial charge >= 0.3 is 0 Å². The van der Waals surface area contributed by atoms with Gasteiger partial charge in [-0.25, -0.2) is 8.42 Å². The minimum absolute atomic E-state index is 0.00217. The number of amides is 1. The molecule has 1 saturated heterocycles. The molecule has 1 atom stereocenters. The Labute approximate surface area is 183 Å². The second kappa shape index (κ2) is 10.0. The van der Waals surface area contributed by atoms with E-state index in [0.717, 1.165) is 22.7 Å². The molecule has 1 fully saturated rings. The molecule has 3 rings (SSSR count). The van der Waals surface area contributed by atoms with Crippen LogP contribution in [0, 0.1) is 6.92 Å². The van der Waals surface area contributed by atoms with E-state index in [-0.39, 0.29) is 23.3 Å². The number of hydrogen-bond donors (Lipinski definition) is 1. The second-order valence-corrected chi connectivity index (χ2v) is 9.17. The zero-order chi connectivity index (χ0) is 22.4. The Hall–Kier alpha value is -2.78. The third kappa shape index (κ3) is 5.48. The molecule has 31 heavy (non-hydrogen) atoms. The van der Waals surface area contributed by atoms with Crippen molar-refractivity contribution in [3.8, 4) is 11.5 Å². The molecule has 1 unspecified atom stereocenters. The molecule has 0 bridgehead atoms. The molecule has 0 spiro atoms. The molecule has 2 aromatic carbocycles. The molecule has 1 heterocycles. The fourth-order valence-corrected chi connectivity index (χ4v) is 4.79. The summed E-state index contributed by atoms with van der Waals surface area (Å²) in [5, 5.41) is 2.79. The number of sulfonamides is 1. The Bertz CT molecular complexity index is 1000. The number of anilines is 1. The summed E-state index contributed by atoms with van der Waals surface area (Å²) in [5.74, 6) is 0.299. The van der Waals surface area contributed by atoms with Crippen LogP contribution in [-0.4, -0.2) is 54.3 Å². The van der Waals surface area contributed by atoms with E-state index >= 15 is 0 Å². The molecule has 0 aromatic heterocycles. The number of aryl methyl sites for hydroxylation is 1. The zero-order valence-electron chi connectivity index (χ0n) is 18.0. The molecule has 9 heteroatoms. The summed E-state index contributed by atoms with van der Waals surface area (Å²) in [6, 6.07) is 11.3. The summed E-state index contributed by atoms with van der Waals surface area (Å²) >= 11 is 0. The molecule has 0 aliphatic carbocycles. The smallest absolute Gasteiger partial charge is 0.264 e. The fourth-order valence-electron chi connectivity index (χ4n) is 3.35. The number of rotatable bonds is 9. The van der Waals surface area contributed by atoms with Crippen molar-refractivity contribution >= 4 is 21.6 Å². The van der Waals surface area contributed by atoms with Crippen LogP contribution in [0.25, 0.3) is 0 Å². The zero-order valence-corrected chi connectivity index (χ0v) is 18.8. The van der Waals surface area contributed by atoms with Crippen molar-refractivity contribution in [2.45, 2.75) is 30.8 Å². The number of benzene rings is 2. The largest absolute Gasteiger partial charge is 0.493 e.